The van der Waals surface area contributed by atoms with E-state index >= 15 is 0 Å². The molecule has 1 N–H and O–H groups in total. The highest BCUT2D eigenvalue weighted by Crippen LogP contribution is 2.34. The molecule has 0 aromatic carbocycles. The molecule has 6 nitrogen and oxygen atoms in total. The Hall–Kier alpha value is -1.82. The minimum atomic E-state index is -0.262. The van der Waals surface area contributed by atoms with E-state index in [-0.39, 0.29) is 17.1 Å². The van der Waals surface area contributed by atoms with Crippen LogP contribution in [0.5, 0.6) is 0 Å². The van der Waals surface area contributed by atoms with Gasteiger partial charge in [-0.15, -0.1) is 0 Å². The monoisotopic (exact) mass is 321 g/mol. The molecule has 128 valence electrons. The Morgan fingerprint density at radius 1 is 1.48 bits per heavy atom. The van der Waals surface area contributed by atoms with Gasteiger partial charge >= 0.3 is 6.03 Å². The van der Waals surface area contributed by atoms with E-state index in [0.717, 1.165) is 31.2 Å². The fraction of sp³-hybridized carbons (Fsp3) is 0.647. The number of amides is 2. The lowest BCUT2D eigenvalue weighted by molar-refractivity contribution is 0.0540. The number of urea groups is 1. The van der Waals surface area contributed by atoms with Gasteiger partial charge in [0, 0.05) is 26.9 Å². The number of aromatic nitrogens is 1. The Labute approximate surface area is 137 Å². The lowest BCUT2D eigenvalue weighted by Crippen LogP contribution is -2.52. The number of nitrogens with zero attached hydrogens (tertiary/aromatic N) is 2. The van der Waals surface area contributed by atoms with Gasteiger partial charge in [-0.25, -0.2) is 4.79 Å². The molecule has 6 heteroatoms. The van der Waals surface area contributed by atoms with Gasteiger partial charge in [-0.05, 0) is 37.8 Å². The van der Waals surface area contributed by atoms with Gasteiger partial charge < -0.3 is 19.5 Å². The standard InChI is InChI=1S/C17H27N3O3/c1-5-8-17(12-23-4)9-6-10-20(17)16(22)18-14-13(2)7-11-19(3)15(14)21/h7,11H,5-6,8-10,12H2,1-4H3,(H,18,22)/t17-/m1/s1. The number of pyridine rings is 1. The fourth-order valence-electron chi connectivity index (χ4n) is 3.52. The Kier molecular flexibility index (Phi) is 5.46. The number of anilines is 1. The van der Waals surface area contributed by atoms with Crippen molar-refractivity contribution < 1.29 is 9.53 Å². The van der Waals surface area contributed by atoms with Gasteiger partial charge in [0.1, 0.15) is 5.69 Å². The molecule has 0 unspecified atom stereocenters. The van der Waals surface area contributed by atoms with E-state index in [0.29, 0.717) is 18.8 Å². The van der Waals surface area contributed by atoms with Crippen molar-refractivity contribution in [3.05, 3.63) is 28.2 Å². The van der Waals surface area contributed by atoms with Crippen molar-refractivity contribution in [1.29, 1.82) is 0 Å². The summed E-state index contributed by atoms with van der Waals surface area (Å²) >= 11 is 0. The van der Waals surface area contributed by atoms with E-state index < -0.39 is 0 Å². The Bertz CT molecular complexity index is 618. The summed E-state index contributed by atoms with van der Waals surface area (Å²) in [6, 6.07) is 1.62. The average molecular weight is 321 g/mol. The molecule has 0 spiro atoms. The zero-order valence-corrected chi connectivity index (χ0v) is 14.5. The fourth-order valence-corrected chi connectivity index (χ4v) is 3.52. The zero-order valence-electron chi connectivity index (χ0n) is 14.5. The SMILES string of the molecule is CCC[C@]1(COC)CCCN1C(=O)Nc1c(C)ccn(C)c1=O. The summed E-state index contributed by atoms with van der Waals surface area (Å²) in [5.41, 5.74) is 0.676. The van der Waals surface area contributed by atoms with Gasteiger partial charge in [-0.2, -0.15) is 0 Å². The Morgan fingerprint density at radius 3 is 2.87 bits per heavy atom. The van der Waals surface area contributed by atoms with E-state index in [1.807, 2.05) is 17.9 Å². The van der Waals surface area contributed by atoms with Crippen LogP contribution in [0.3, 0.4) is 0 Å². The van der Waals surface area contributed by atoms with E-state index in [1.54, 1.807) is 20.4 Å². The molecule has 2 amide bonds. The molecule has 1 aromatic rings. The van der Waals surface area contributed by atoms with E-state index in [1.165, 1.54) is 4.57 Å². The molecule has 1 atom stereocenters. The summed E-state index contributed by atoms with van der Waals surface area (Å²) in [4.78, 5) is 26.9. The van der Waals surface area contributed by atoms with Crippen molar-refractivity contribution in [2.24, 2.45) is 7.05 Å². The third-order valence-electron chi connectivity index (χ3n) is 4.68. The first-order valence-corrected chi connectivity index (χ1v) is 8.19. The molecule has 1 fully saturated rings. The highest BCUT2D eigenvalue weighted by molar-refractivity contribution is 5.90. The molecular formula is C17H27N3O3. The van der Waals surface area contributed by atoms with Crippen molar-refractivity contribution in [1.82, 2.24) is 9.47 Å². The lowest BCUT2D eigenvalue weighted by atomic mass is 9.91. The topological polar surface area (TPSA) is 63.6 Å². The Balaban J connectivity index is 2.26. The zero-order chi connectivity index (χ0) is 17.0. The van der Waals surface area contributed by atoms with Crippen molar-refractivity contribution in [3.8, 4) is 0 Å². The number of ether oxygens (including phenoxy) is 1. The second-order valence-electron chi connectivity index (χ2n) is 6.38. The van der Waals surface area contributed by atoms with Crippen LogP contribution in [0.2, 0.25) is 0 Å². The number of methoxy groups -OCH3 is 1. The number of nitrogens with one attached hydrogen (secondary N) is 1. The van der Waals surface area contributed by atoms with Crippen LogP contribution in [0.15, 0.2) is 17.1 Å². The van der Waals surface area contributed by atoms with Crippen molar-refractivity contribution >= 4 is 11.7 Å². The van der Waals surface area contributed by atoms with E-state index in [9.17, 15) is 9.59 Å². The molecule has 1 saturated heterocycles. The molecule has 1 aliphatic heterocycles. The first kappa shape index (κ1) is 17.5. The number of carbonyl (C=O) groups is 1. The van der Waals surface area contributed by atoms with Crippen molar-refractivity contribution in [2.45, 2.75) is 45.1 Å². The average Bonchev–Trinajstić information content (AvgIpc) is 2.92. The van der Waals surface area contributed by atoms with Gasteiger partial charge in [0.2, 0.25) is 0 Å². The van der Waals surface area contributed by atoms with Gasteiger partial charge in [0.05, 0.1) is 12.1 Å². The third-order valence-corrected chi connectivity index (χ3v) is 4.68. The van der Waals surface area contributed by atoms with Crippen LogP contribution in [0.1, 0.15) is 38.2 Å². The summed E-state index contributed by atoms with van der Waals surface area (Å²) in [6.45, 7) is 5.17. The highest BCUT2D eigenvalue weighted by atomic mass is 16.5. The van der Waals surface area contributed by atoms with Crippen LogP contribution >= 0.6 is 0 Å². The predicted molar refractivity (Wildman–Crippen MR) is 90.9 cm³/mol. The van der Waals surface area contributed by atoms with Crippen LogP contribution in [0, 0.1) is 6.92 Å². The van der Waals surface area contributed by atoms with Gasteiger partial charge in [0.15, 0.2) is 0 Å². The molecular weight excluding hydrogens is 294 g/mol. The maximum Gasteiger partial charge on any atom is 0.322 e. The normalized spacial score (nSPS) is 20.8. The van der Waals surface area contributed by atoms with Crippen molar-refractivity contribution in [3.63, 3.8) is 0 Å². The molecule has 0 bridgehead atoms. The molecule has 2 rings (SSSR count). The van der Waals surface area contributed by atoms with Crippen LogP contribution in [-0.2, 0) is 11.8 Å². The molecule has 23 heavy (non-hydrogen) atoms. The second kappa shape index (κ2) is 7.17. The predicted octanol–water partition coefficient (Wildman–Crippen LogP) is 2.51. The summed E-state index contributed by atoms with van der Waals surface area (Å²) < 4.78 is 6.86. The summed E-state index contributed by atoms with van der Waals surface area (Å²) in [7, 11) is 3.35. The largest absolute Gasteiger partial charge is 0.382 e. The molecule has 2 heterocycles. The lowest BCUT2D eigenvalue weighted by Gasteiger charge is -2.38. The molecule has 0 radical (unpaired) electrons. The highest BCUT2D eigenvalue weighted by Gasteiger charge is 2.43. The maximum atomic E-state index is 12.8. The molecule has 1 aliphatic rings. The summed E-state index contributed by atoms with van der Waals surface area (Å²) in [6.07, 6.45) is 5.49. The third kappa shape index (κ3) is 3.42. The summed E-state index contributed by atoms with van der Waals surface area (Å²) in [5, 5.41) is 2.83. The molecule has 0 aliphatic carbocycles. The van der Waals surface area contributed by atoms with Crippen LogP contribution in [-0.4, -0.2) is 41.3 Å². The number of aryl methyl sites for hydroxylation is 2. The Morgan fingerprint density at radius 2 is 2.22 bits per heavy atom. The van der Waals surface area contributed by atoms with Crippen LogP contribution in [0.4, 0.5) is 10.5 Å². The van der Waals surface area contributed by atoms with Crippen molar-refractivity contribution in [2.75, 3.05) is 25.6 Å². The molecule has 0 saturated carbocycles. The van der Waals surface area contributed by atoms with E-state index in [4.69, 9.17) is 4.74 Å². The number of rotatable bonds is 5. The number of hydrogen-bond acceptors (Lipinski definition) is 3. The maximum absolute atomic E-state index is 12.8. The van der Waals surface area contributed by atoms with Gasteiger partial charge in [-0.1, -0.05) is 13.3 Å². The van der Waals surface area contributed by atoms with E-state index in [2.05, 4.69) is 12.2 Å². The number of carbonyl (C=O) groups excluding carboxylic acids is 1. The minimum absolute atomic E-state index is 0.189. The first-order chi connectivity index (χ1) is 10.9. The summed E-state index contributed by atoms with van der Waals surface area (Å²) in [5.74, 6) is 0. The minimum Gasteiger partial charge on any atom is -0.382 e. The molecule has 1 aromatic heterocycles. The smallest absolute Gasteiger partial charge is 0.322 e. The van der Waals surface area contributed by atoms with Crippen LogP contribution < -0.4 is 10.9 Å². The quantitative estimate of drug-likeness (QED) is 0.906. The number of hydrogen-bond donors (Lipinski definition) is 1. The van der Waals surface area contributed by atoms with Gasteiger partial charge in [-0.3, -0.25) is 4.79 Å². The van der Waals surface area contributed by atoms with Gasteiger partial charge in [0.25, 0.3) is 5.56 Å². The second-order valence-corrected chi connectivity index (χ2v) is 6.38. The van der Waals surface area contributed by atoms with Crippen LogP contribution in [0.25, 0.3) is 0 Å². The first-order valence-electron chi connectivity index (χ1n) is 8.19. The number of likely N-dealkylation sites (tertiary alicyclic amines) is 1.